The lowest BCUT2D eigenvalue weighted by Crippen LogP contribution is -2.27. The van der Waals surface area contributed by atoms with E-state index < -0.39 is 0 Å². The number of likely N-dealkylation sites (N-methyl/N-ethyl adjacent to an activating group) is 1. The summed E-state index contributed by atoms with van der Waals surface area (Å²) in [5.74, 6) is 1.46. The topological polar surface area (TPSA) is 62.3 Å². The third-order valence-corrected chi connectivity index (χ3v) is 5.80. The molecule has 158 valence electrons. The van der Waals surface area contributed by atoms with E-state index in [0.717, 1.165) is 42.6 Å². The Labute approximate surface area is 174 Å². The van der Waals surface area contributed by atoms with E-state index in [1.165, 1.54) is 0 Å². The fraction of sp³-hybridized carbons (Fsp3) is 0.455. The van der Waals surface area contributed by atoms with Gasteiger partial charge < -0.3 is 20.3 Å². The molecule has 0 radical (unpaired) electrons. The number of rotatable bonds is 4. The monoisotopic (exact) mass is 401 g/mol. The summed E-state index contributed by atoms with van der Waals surface area (Å²) in [6.45, 7) is 5.48. The van der Waals surface area contributed by atoms with Crippen LogP contribution in [0.15, 0.2) is 18.2 Å². The number of aromatic nitrogens is 2. The van der Waals surface area contributed by atoms with Crippen LogP contribution in [0.1, 0.15) is 39.4 Å². The van der Waals surface area contributed by atoms with Crippen molar-refractivity contribution in [3.8, 4) is 5.75 Å². The number of benzene rings is 1. The predicted octanol–water partition coefficient (Wildman–Crippen LogP) is 4.63. The molecule has 7 heteroatoms. The Morgan fingerprint density at radius 1 is 1.28 bits per heavy atom. The van der Waals surface area contributed by atoms with Crippen LogP contribution < -0.4 is 15.4 Å². The standard InChI is InChI=1S/C22H28FN5O.2H2/c1-13-11-18(24-3)27-22(25-13)26-17-12-16-8-10-29-21(16)19(20(17)23)15-6-5-14(2)28(4)9-7-15;;/h7,11-12,14H,5-6,8-10H2,1-4H3,(H2,24,25,26,27);2*1H. The summed E-state index contributed by atoms with van der Waals surface area (Å²) in [7, 11) is 3.90. The highest BCUT2D eigenvalue weighted by molar-refractivity contribution is 5.78. The molecule has 1 atom stereocenters. The molecule has 0 bridgehead atoms. The number of aryl methyl sites for hydroxylation is 1. The normalized spacial score (nSPS) is 19.2. The lowest BCUT2D eigenvalue weighted by atomic mass is 9.95. The van der Waals surface area contributed by atoms with E-state index in [1.807, 2.05) is 19.1 Å². The minimum absolute atomic E-state index is 0. The summed E-state index contributed by atoms with van der Waals surface area (Å²) in [4.78, 5) is 11.1. The van der Waals surface area contributed by atoms with Crippen molar-refractivity contribution in [2.24, 2.45) is 0 Å². The van der Waals surface area contributed by atoms with Gasteiger partial charge in [-0.25, -0.2) is 9.37 Å². The van der Waals surface area contributed by atoms with Crippen LogP contribution in [0.2, 0.25) is 0 Å². The Bertz CT molecular complexity index is 969. The summed E-state index contributed by atoms with van der Waals surface area (Å²) in [5, 5.41) is 6.11. The van der Waals surface area contributed by atoms with Gasteiger partial charge in [-0.1, -0.05) is 6.08 Å². The van der Waals surface area contributed by atoms with Crippen molar-refractivity contribution in [3.63, 3.8) is 0 Å². The van der Waals surface area contributed by atoms with Crippen LogP contribution >= 0.6 is 0 Å². The van der Waals surface area contributed by atoms with E-state index in [1.54, 1.807) is 7.05 Å². The van der Waals surface area contributed by atoms with E-state index in [0.29, 0.717) is 41.4 Å². The summed E-state index contributed by atoms with van der Waals surface area (Å²) >= 11 is 0. The molecule has 1 aromatic heterocycles. The second kappa shape index (κ2) is 7.99. The maximum atomic E-state index is 15.7. The molecule has 0 aliphatic carbocycles. The highest BCUT2D eigenvalue weighted by atomic mass is 19.1. The molecule has 0 saturated carbocycles. The van der Waals surface area contributed by atoms with E-state index in [2.05, 4.69) is 45.5 Å². The summed E-state index contributed by atoms with van der Waals surface area (Å²) in [5.41, 5.74) is 3.83. The van der Waals surface area contributed by atoms with Crippen molar-refractivity contribution in [1.29, 1.82) is 0 Å². The number of anilines is 3. The molecule has 2 aliphatic rings. The van der Waals surface area contributed by atoms with Crippen LogP contribution in [0.3, 0.4) is 0 Å². The number of halogens is 1. The van der Waals surface area contributed by atoms with Gasteiger partial charge in [-0.05, 0) is 45.4 Å². The molecule has 3 heterocycles. The van der Waals surface area contributed by atoms with Gasteiger partial charge >= 0.3 is 0 Å². The number of allylic oxidation sites excluding steroid dienone is 1. The second-order valence-electron chi connectivity index (χ2n) is 7.85. The van der Waals surface area contributed by atoms with E-state index in [9.17, 15) is 0 Å². The van der Waals surface area contributed by atoms with E-state index in [-0.39, 0.29) is 8.67 Å². The van der Waals surface area contributed by atoms with Crippen LogP contribution in [-0.2, 0) is 6.42 Å². The summed E-state index contributed by atoms with van der Waals surface area (Å²) in [6.07, 6.45) is 4.72. The van der Waals surface area contributed by atoms with Crippen molar-refractivity contribution in [2.75, 3.05) is 37.9 Å². The Morgan fingerprint density at radius 3 is 2.90 bits per heavy atom. The van der Waals surface area contributed by atoms with Crippen LogP contribution in [-0.4, -0.2) is 48.2 Å². The largest absolute Gasteiger partial charge is 0.492 e. The molecule has 4 rings (SSSR count). The molecule has 2 N–H and O–H groups in total. The minimum Gasteiger partial charge on any atom is -0.492 e. The zero-order valence-electron chi connectivity index (χ0n) is 17.5. The summed E-state index contributed by atoms with van der Waals surface area (Å²) < 4.78 is 21.6. The third-order valence-electron chi connectivity index (χ3n) is 5.80. The SMILES string of the molecule is CNc1cc(C)nc(Nc2cc3c(c(C4=CCN(C)C(C)CC4)c2F)OCC3)n1.[HH].[HH]. The predicted molar refractivity (Wildman–Crippen MR) is 119 cm³/mol. The Morgan fingerprint density at radius 2 is 2.10 bits per heavy atom. The van der Waals surface area contributed by atoms with Crippen molar-refractivity contribution in [1.82, 2.24) is 14.9 Å². The lowest BCUT2D eigenvalue weighted by molar-refractivity contribution is 0.279. The van der Waals surface area contributed by atoms with Gasteiger partial charge in [0, 0.05) is 46.2 Å². The van der Waals surface area contributed by atoms with Gasteiger partial charge in [-0.3, -0.25) is 0 Å². The van der Waals surface area contributed by atoms with Crippen molar-refractivity contribution in [3.05, 3.63) is 40.8 Å². The van der Waals surface area contributed by atoms with Crippen LogP contribution in [0.4, 0.5) is 21.8 Å². The van der Waals surface area contributed by atoms with Gasteiger partial charge in [-0.2, -0.15) is 4.98 Å². The molecular weight excluding hydrogens is 369 g/mol. The molecule has 1 aromatic carbocycles. The zero-order chi connectivity index (χ0) is 20.5. The first-order valence-corrected chi connectivity index (χ1v) is 10.1. The smallest absolute Gasteiger partial charge is 0.229 e. The fourth-order valence-electron chi connectivity index (χ4n) is 3.91. The van der Waals surface area contributed by atoms with Gasteiger partial charge in [0.05, 0.1) is 17.9 Å². The molecule has 1 unspecified atom stereocenters. The maximum absolute atomic E-state index is 15.7. The fourth-order valence-corrected chi connectivity index (χ4v) is 3.91. The molecule has 0 saturated heterocycles. The first-order chi connectivity index (χ1) is 14.0. The molecule has 2 aliphatic heterocycles. The highest BCUT2D eigenvalue weighted by Gasteiger charge is 2.27. The quantitative estimate of drug-likeness (QED) is 0.779. The summed E-state index contributed by atoms with van der Waals surface area (Å²) in [6, 6.07) is 4.14. The third kappa shape index (κ3) is 3.92. The number of nitrogens with one attached hydrogen (secondary N) is 2. The van der Waals surface area contributed by atoms with Crippen molar-refractivity contribution >= 4 is 23.0 Å². The molecule has 29 heavy (non-hydrogen) atoms. The molecule has 0 amide bonds. The molecule has 0 spiro atoms. The van der Waals surface area contributed by atoms with Crippen molar-refractivity contribution in [2.45, 2.75) is 39.2 Å². The average molecular weight is 402 g/mol. The molecule has 6 nitrogen and oxygen atoms in total. The molecule has 2 aromatic rings. The van der Waals surface area contributed by atoms with Gasteiger partial charge in [0.15, 0.2) is 5.82 Å². The number of fused-ring (bicyclic) bond motifs is 1. The first-order valence-electron chi connectivity index (χ1n) is 10.1. The van der Waals surface area contributed by atoms with Gasteiger partial charge in [0.1, 0.15) is 11.6 Å². The molecule has 0 fully saturated rings. The van der Waals surface area contributed by atoms with Gasteiger partial charge in [0.2, 0.25) is 5.95 Å². The Balaban J connectivity index is 0.00000171. The lowest BCUT2D eigenvalue weighted by Gasteiger charge is -2.20. The van der Waals surface area contributed by atoms with E-state index in [4.69, 9.17) is 4.74 Å². The zero-order valence-corrected chi connectivity index (χ0v) is 17.5. The second-order valence-corrected chi connectivity index (χ2v) is 7.85. The van der Waals surface area contributed by atoms with Crippen LogP contribution in [0.25, 0.3) is 5.57 Å². The number of hydrogen-bond donors (Lipinski definition) is 2. The average Bonchev–Trinajstić information content (AvgIpc) is 3.09. The Kier molecular flexibility index (Phi) is 5.41. The van der Waals surface area contributed by atoms with E-state index >= 15 is 4.39 Å². The Hall–Kier alpha value is -2.67. The maximum Gasteiger partial charge on any atom is 0.229 e. The number of hydrogen-bond acceptors (Lipinski definition) is 6. The molecular formula is C22H32FN5O. The number of nitrogens with zero attached hydrogens (tertiary/aromatic N) is 3. The minimum atomic E-state index is -0.301. The van der Waals surface area contributed by atoms with Gasteiger partial charge in [-0.15, -0.1) is 0 Å². The van der Waals surface area contributed by atoms with Gasteiger partial charge in [0.25, 0.3) is 0 Å². The highest BCUT2D eigenvalue weighted by Crippen LogP contribution is 2.42. The van der Waals surface area contributed by atoms with Crippen LogP contribution in [0, 0.1) is 12.7 Å². The first kappa shape index (κ1) is 19.6. The van der Waals surface area contributed by atoms with Crippen molar-refractivity contribution < 1.29 is 12.0 Å². The number of ether oxygens (including phenoxy) is 1. The van der Waals surface area contributed by atoms with Crippen LogP contribution in [0.5, 0.6) is 5.75 Å².